The van der Waals surface area contributed by atoms with Crippen molar-refractivity contribution in [1.29, 1.82) is 0 Å². The summed E-state index contributed by atoms with van der Waals surface area (Å²) in [5.41, 5.74) is -0.597. The predicted molar refractivity (Wildman–Crippen MR) is 107 cm³/mol. The molecule has 0 unspecified atom stereocenters. The fraction of sp³-hybridized carbons (Fsp3) is 0.238. The SMILES string of the molecule is CCOc1ccc(NCCNC(=O)c2cnn(-c3ccccc3)c2C(F)(F)F)cc1. The first-order chi connectivity index (χ1) is 14.4. The molecule has 1 heterocycles. The molecule has 3 rings (SSSR count). The number of rotatable bonds is 8. The number of aromatic nitrogens is 2. The quantitative estimate of drug-likeness (QED) is 0.540. The minimum atomic E-state index is -4.74. The highest BCUT2D eigenvalue weighted by Gasteiger charge is 2.40. The second-order valence-corrected chi connectivity index (χ2v) is 6.29. The van der Waals surface area contributed by atoms with Crippen LogP contribution in [-0.2, 0) is 6.18 Å². The fourth-order valence-electron chi connectivity index (χ4n) is 2.87. The van der Waals surface area contributed by atoms with Crippen LogP contribution in [0.4, 0.5) is 18.9 Å². The minimum absolute atomic E-state index is 0.139. The zero-order chi connectivity index (χ0) is 21.6. The molecule has 3 aromatic rings. The smallest absolute Gasteiger partial charge is 0.434 e. The average Bonchev–Trinajstić information content (AvgIpc) is 3.19. The van der Waals surface area contributed by atoms with E-state index in [1.807, 2.05) is 19.1 Å². The number of hydrogen-bond donors (Lipinski definition) is 2. The lowest BCUT2D eigenvalue weighted by atomic mass is 10.2. The van der Waals surface area contributed by atoms with E-state index in [1.165, 1.54) is 12.1 Å². The van der Waals surface area contributed by atoms with Gasteiger partial charge in [-0.2, -0.15) is 18.3 Å². The molecule has 1 amide bonds. The molecule has 0 aliphatic carbocycles. The number of nitrogens with one attached hydrogen (secondary N) is 2. The Hall–Kier alpha value is -3.49. The standard InChI is InChI=1S/C21H21F3N4O2/c1-2-30-17-10-8-15(9-11-17)25-12-13-26-20(29)18-14-27-28(19(18)21(22,23)24)16-6-4-3-5-7-16/h3-11,14,25H,2,12-13H2,1H3,(H,26,29). The average molecular weight is 418 g/mol. The zero-order valence-corrected chi connectivity index (χ0v) is 16.2. The van der Waals surface area contributed by atoms with Crippen LogP contribution in [0, 0.1) is 0 Å². The number of benzene rings is 2. The van der Waals surface area contributed by atoms with Crippen molar-refractivity contribution in [1.82, 2.24) is 15.1 Å². The van der Waals surface area contributed by atoms with Crippen molar-refractivity contribution in [2.75, 3.05) is 25.0 Å². The molecule has 30 heavy (non-hydrogen) atoms. The van der Waals surface area contributed by atoms with Gasteiger partial charge < -0.3 is 15.4 Å². The van der Waals surface area contributed by atoms with Crippen molar-refractivity contribution in [2.45, 2.75) is 13.1 Å². The van der Waals surface area contributed by atoms with Crippen molar-refractivity contribution in [2.24, 2.45) is 0 Å². The first-order valence-electron chi connectivity index (χ1n) is 9.35. The van der Waals surface area contributed by atoms with Crippen LogP contribution in [0.2, 0.25) is 0 Å². The van der Waals surface area contributed by atoms with Crippen LogP contribution >= 0.6 is 0 Å². The van der Waals surface area contributed by atoms with Gasteiger partial charge in [0.05, 0.1) is 24.1 Å². The van der Waals surface area contributed by atoms with Crippen LogP contribution in [0.1, 0.15) is 23.0 Å². The number of amides is 1. The van der Waals surface area contributed by atoms with Crippen molar-refractivity contribution in [3.8, 4) is 11.4 Å². The minimum Gasteiger partial charge on any atom is -0.494 e. The number of hydrogen-bond acceptors (Lipinski definition) is 4. The Morgan fingerprint density at radius 3 is 2.40 bits per heavy atom. The molecule has 2 N–H and O–H groups in total. The van der Waals surface area contributed by atoms with Gasteiger partial charge in [-0.1, -0.05) is 18.2 Å². The summed E-state index contributed by atoms with van der Waals surface area (Å²) >= 11 is 0. The van der Waals surface area contributed by atoms with E-state index in [0.29, 0.717) is 13.2 Å². The molecule has 0 bridgehead atoms. The molecule has 0 atom stereocenters. The van der Waals surface area contributed by atoms with Crippen molar-refractivity contribution < 1.29 is 22.7 Å². The second kappa shape index (κ2) is 9.34. The first-order valence-corrected chi connectivity index (χ1v) is 9.35. The maximum atomic E-state index is 13.6. The van der Waals surface area contributed by atoms with Gasteiger partial charge in [-0.05, 0) is 43.3 Å². The summed E-state index contributed by atoms with van der Waals surface area (Å²) in [6, 6.07) is 15.1. The highest BCUT2D eigenvalue weighted by molar-refractivity contribution is 5.95. The zero-order valence-electron chi connectivity index (χ0n) is 16.2. The molecule has 158 valence electrons. The summed E-state index contributed by atoms with van der Waals surface area (Å²) in [7, 11) is 0. The monoisotopic (exact) mass is 418 g/mol. The molecule has 0 fully saturated rings. The Kier molecular flexibility index (Phi) is 6.61. The third kappa shape index (κ3) is 5.11. The van der Waals surface area contributed by atoms with E-state index in [2.05, 4.69) is 15.7 Å². The molecule has 0 saturated carbocycles. The number of alkyl halides is 3. The fourth-order valence-corrected chi connectivity index (χ4v) is 2.87. The van der Waals surface area contributed by atoms with Gasteiger partial charge in [0.15, 0.2) is 5.69 Å². The van der Waals surface area contributed by atoms with Gasteiger partial charge in [0.25, 0.3) is 5.91 Å². The Morgan fingerprint density at radius 2 is 1.77 bits per heavy atom. The van der Waals surface area contributed by atoms with E-state index in [1.54, 1.807) is 30.3 Å². The summed E-state index contributed by atoms with van der Waals surface area (Å²) in [6.07, 6.45) is -3.80. The van der Waals surface area contributed by atoms with Gasteiger partial charge in [-0.25, -0.2) is 4.68 Å². The first kappa shape index (κ1) is 21.2. The number of halogens is 3. The van der Waals surface area contributed by atoms with E-state index in [-0.39, 0.29) is 12.2 Å². The third-order valence-corrected chi connectivity index (χ3v) is 4.19. The summed E-state index contributed by atoms with van der Waals surface area (Å²) in [6.45, 7) is 2.94. The number of carbonyl (C=O) groups is 1. The van der Waals surface area contributed by atoms with Crippen molar-refractivity contribution in [3.63, 3.8) is 0 Å². The maximum Gasteiger partial charge on any atom is 0.434 e. The molecule has 0 spiro atoms. The molecule has 2 aromatic carbocycles. The molecule has 6 nitrogen and oxygen atoms in total. The van der Waals surface area contributed by atoms with Crippen LogP contribution < -0.4 is 15.4 Å². The summed E-state index contributed by atoms with van der Waals surface area (Å²) in [5, 5.41) is 9.36. The highest BCUT2D eigenvalue weighted by Crippen LogP contribution is 2.33. The Bertz CT molecular complexity index is 970. The van der Waals surface area contributed by atoms with Gasteiger partial charge in [0, 0.05) is 18.8 Å². The van der Waals surface area contributed by atoms with Crippen molar-refractivity contribution in [3.05, 3.63) is 72.1 Å². The van der Waals surface area contributed by atoms with Crippen molar-refractivity contribution >= 4 is 11.6 Å². The Labute approximate surface area is 171 Å². The van der Waals surface area contributed by atoms with Gasteiger partial charge in [-0.15, -0.1) is 0 Å². The van der Waals surface area contributed by atoms with Gasteiger partial charge in [0.2, 0.25) is 0 Å². The van der Waals surface area contributed by atoms with Crippen LogP contribution in [0.25, 0.3) is 5.69 Å². The Morgan fingerprint density at radius 1 is 1.07 bits per heavy atom. The highest BCUT2D eigenvalue weighted by atomic mass is 19.4. The van der Waals surface area contributed by atoms with E-state index in [0.717, 1.165) is 22.3 Å². The van der Waals surface area contributed by atoms with Crippen LogP contribution in [0.5, 0.6) is 5.75 Å². The largest absolute Gasteiger partial charge is 0.494 e. The van der Waals surface area contributed by atoms with Gasteiger partial charge in [-0.3, -0.25) is 4.79 Å². The molecule has 0 radical (unpaired) electrons. The van der Waals surface area contributed by atoms with Crippen LogP contribution in [-0.4, -0.2) is 35.4 Å². The van der Waals surface area contributed by atoms with E-state index < -0.39 is 23.3 Å². The topological polar surface area (TPSA) is 68.2 Å². The maximum absolute atomic E-state index is 13.6. The number of nitrogens with zero attached hydrogens (tertiary/aromatic N) is 2. The van der Waals surface area contributed by atoms with Gasteiger partial charge in [0.1, 0.15) is 5.75 Å². The summed E-state index contributed by atoms with van der Waals surface area (Å²) in [4.78, 5) is 12.4. The number of para-hydroxylation sites is 1. The lowest BCUT2D eigenvalue weighted by molar-refractivity contribution is -0.143. The number of anilines is 1. The second-order valence-electron chi connectivity index (χ2n) is 6.29. The van der Waals surface area contributed by atoms with Crippen LogP contribution in [0.3, 0.4) is 0 Å². The summed E-state index contributed by atoms with van der Waals surface area (Å²) in [5.74, 6) is -0.0931. The molecule has 1 aromatic heterocycles. The third-order valence-electron chi connectivity index (χ3n) is 4.19. The molecular weight excluding hydrogens is 397 g/mol. The van der Waals surface area contributed by atoms with Crippen LogP contribution in [0.15, 0.2) is 60.8 Å². The number of carbonyl (C=O) groups excluding carboxylic acids is 1. The van der Waals surface area contributed by atoms with Gasteiger partial charge >= 0.3 is 6.18 Å². The number of ether oxygens (including phenoxy) is 1. The lowest BCUT2D eigenvalue weighted by Gasteiger charge is -2.13. The molecular formula is C21H21F3N4O2. The van der Waals surface area contributed by atoms with E-state index >= 15 is 0 Å². The molecule has 9 heteroatoms. The molecule has 0 aliphatic rings. The van der Waals surface area contributed by atoms with E-state index in [9.17, 15) is 18.0 Å². The lowest BCUT2D eigenvalue weighted by Crippen LogP contribution is -2.30. The Balaban J connectivity index is 1.63. The molecule has 0 saturated heterocycles. The normalized spacial score (nSPS) is 11.2. The molecule has 0 aliphatic heterocycles. The van der Waals surface area contributed by atoms with E-state index in [4.69, 9.17) is 4.74 Å². The predicted octanol–water partition coefficient (Wildman–Crippen LogP) is 4.13. The summed E-state index contributed by atoms with van der Waals surface area (Å²) < 4.78 is 47.0.